The molecule has 2 rings (SSSR count). The Labute approximate surface area is 115 Å². The summed E-state index contributed by atoms with van der Waals surface area (Å²) in [4.78, 5) is 11.4. The predicted octanol–water partition coefficient (Wildman–Crippen LogP) is 2.14. The normalized spacial score (nSPS) is 19.6. The minimum Gasteiger partial charge on any atom is -0.380 e. The molecule has 1 aliphatic heterocycles. The van der Waals surface area contributed by atoms with Crippen molar-refractivity contribution in [3.05, 3.63) is 11.4 Å². The number of anilines is 2. The summed E-state index contributed by atoms with van der Waals surface area (Å²) in [5.41, 5.74) is 1.13. The van der Waals surface area contributed by atoms with Gasteiger partial charge in [0.1, 0.15) is 17.5 Å². The van der Waals surface area contributed by atoms with Crippen LogP contribution < -0.4 is 10.2 Å². The second kappa shape index (κ2) is 6.19. The Morgan fingerprint density at radius 2 is 2.16 bits per heavy atom. The number of piperidine rings is 1. The number of methoxy groups -OCH3 is 1. The molecule has 0 aromatic carbocycles. The summed E-state index contributed by atoms with van der Waals surface area (Å²) in [6, 6.07) is 0. The molecule has 1 N–H and O–H groups in total. The highest BCUT2D eigenvalue weighted by atomic mass is 16.5. The van der Waals surface area contributed by atoms with Gasteiger partial charge in [0.25, 0.3) is 0 Å². The second-order valence-electron chi connectivity index (χ2n) is 5.04. The number of hydrogen-bond donors (Lipinski definition) is 1. The average Bonchev–Trinajstić information content (AvgIpc) is 2.43. The Hall–Kier alpha value is -1.36. The van der Waals surface area contributed by atoms with Crippen molar-refractivity contribution in [3.63, 3.8) is 0 Å². The van der Waals surface area contributed by atoms with Crippen LogP contribution in [0.4, 0.5) is 11.6 Å². The lowest BCUT2D eigenvalue weighted by Crippen LogP contribution is -2.40. The Bertz CT molecular complexity index is 436. The molecule has 106 valence electrons. The second-order valence-corrected chi connectivity index (χ2v) is 5.04. The van der Waals surface area contributed by atoms with Crippen LogP contribution in [-0.4, -0.2) is 42.8 Å². The summed E-state index contributed by atoms with van der Waals surface area (Å²) in [6.45, 7) is 8.95. The molecular weight excluding hydrogens is 240 g/mol. The minimum atomic E-state index is 0.311. The maximum atomic E-state index is 5.49. The molecule has 5 heteroatoms. The van der Waals surface area contributed by atoms with E-state index in [-0.39, 0.29) is 0 Å². The highest BCUT2D eigenvalue weighted by Gasteiger charge is 2.23. The quantitative estimate of drug-likeness (QED) is 0.903. The van der Waals surface area contributed by atoms with Gasteiger partial charge >= 0.3 is 0 Å². The van der Waals surface area contributed by atoms with Crippen LogP contribution in [-0.2, 0) is 4.74 Å². The Kier molecular flexibility index (Phi) is 4.58. The van der Waals surface area contributed by atoms with Crippen molar-refractivity contribution in [3.8, 4) is 0 Å². The Balaban J connectivity index is 2.27. The fraction of sp³-hybridized carbons (Fsp3) is 0.714. The van der Waals surface area contributed by atoms with Crippen molar-refractivity contribution in [2.75, 3.05) is 37.0 Å². The number of ether oxygens (including phenoxy) is 1. The van der Waals surface area contributed by atoms with E-state index >= 15 is 0 Å². The van der Waals surface area contributed by atoms with Gasteiger partial charge in [0.15, 0.2) is 0 Å². The molecule has 1 aromatic rings. The van der Waals surface area contributed by atoms with Gasteiger partial charge in [-0.3, -0.25) is 0 Å². The third-order valence-electron chi connectivity index (χ3n) is 3.59. The van der Waals surface area contributed by atoms with E-state index in [1.54, 1.807) is 7.11 Å². The maximum Gasteiger partial charge on any atom is 0.137 e. The van der Waals surface area contributed by atoms with E-state index in [9.17, 15) is 0 Å². The summed E-state index contributed by atoms with van der Waals surface area (Å²) < 4.78 is 5.49. The van der Waals surface area contributed by atoms with Crippen LogP contribution in [0.25, 0.3) is 0 Å². The molecule has 0 amide bonds. The first-order valence-electron chi connectivity index (χ1n) is 7.02. The summed E-state index contributed by atoms with van der Waals surface area (Å²) in [5.74, 6) is 2.81. The van der Waals surface area contributed by atoms with Gasteiger partial charge in [-0.15, -0.1) is 0 Å². The van der Waals surface area contributed by atoms with E-state index in [0.717, 1.165) is 55.5 Å². The van der Waals surface area contributed by atoms with Crippen LogP contribution in [0, 0.1) is 13.8 Å². The summed E-state index contributed by atoms with van der Waals surface area (Å²) in [7, 11) is 1.79. The largest absolute Gasteiger partial charge is 0.380 e. The van der Waals surface area contributed by atoms with Crippen molar-refractivity contribution in [2.24, 2.45) is 0 Å². The zero-order valence-corrected chi connectivity index (χ0v) is 12.4. The van der Waals surface area contributed by atoms with E-state index in [1.165, 1.54) is 0 Å². The van der Waals surface area contributed by atoms with Gasteiger partial charge < -0.3 is 15.0 Å². The fourth-order valence-electron chi connectivity index (χ4n) is 2.58. The zero-order chi connectivity index (χ0) is 13.8. The maximum absolute atomic E-state index is 5.49. The van der Waals surface area contributed by atoms with Crippen LogP contribution in [0.5, 0.6) is 0 Å². The lowest BCUT2D eigenvalue weighted by molar-refractivity contribution is 0.0891. The molecule has 5 nitrogen and oxygen atoms in total. The first-order valence-corrected chi connectivity index (χ1v) is 7.02. The van der Waals surface area contributed by atoms with E-state index < -0.39 is 0 Å². The third kappa shape index (κ3) is 3.15. The van der Waals surface area contributed by atoms with Crippen molar-refractivity contribution >= 4 is 11.6 Å². The first kappa shape index (κ1) is 14.1. The highest BCUT2D eigenvalue weighted by molar-refractivity contribution is 5.58. The lowest BCUT2D eigenvalue weighted by atomic mass is 10.1. The van der Waals surface area contributed by atoms with E-state index in [2.05, 4.69) is 34.0 Å². The predicted molar refractivity (Wildman–Crippen MR) is 77.9 cm³/mol. The monoisotopic (exact) mass is 264 g/mol. The summed E-state index contributed by atoms with van der Waals surface area (Å²) in [5, 5.41) is 3.31. The molecule has 1 atom stereocenters. The zero-order valence-electron chi connectivity index (χ0n) is 12.4. The van der Waals surface area contributed by atoms with Gasteiger partial charge in [0.2, 0.25) is 0 Å². The number of nitrogens with one attached hydrogen (secondary N) is 1. The summed E-state index contributed by atoms with van der Waals surface area (Å²) >= 11 is 0. The SMILES string of the molecule is CCNc1nc(C)nc(N2CCCC(OC)C2)c1C. The molecule has 0 radical (unpaired) electrons. The number of rotatable bonds is 4. The molecule has 2 heterocycles. The molecule has 1 unspecified atom stereocenters. The molecule has 19 heavy (non-hydrogen) atoms. The van der Waals surface area contributed by atoms with Gasteiger partial charge in [0.05, 0.1) is 6.10 Å². The van der Waals surface area contributed by atoms with Gasteiger partial charge in [0, 0.05) is 32.3 Å². The first-order chi connectivity index (χ1) is 9.15. The molecular formula is C14H24N4O. The van der Waals surface area contributed by atoms with E-state index in [1.807, 2.05) is 6.92 Å². The molecule has 1 saturated heterocycles. The molecule has 0 bridgehead atoms. The number of hydrogen-bond acceptors (Lipinski definition) is 5. The van der Waals surface area contributed by atoms with Crippen molar-refractivity contribution in [2.45, 2.75) is 39.7 Å². The third-order valence-corrected chi connectivity index (χ3v) is 3.59. The van der Waals surface area contributed by atoms with Crippen LogP contribution in [0.3, 0.4) is 0 Å². The van der Waals surface area contributed by atoms with Gasteiger partial charge in [-0.2, -0.15) is 0 Å². The molecule has 1 aromatic heterocycles. The molecule has 1 fully saturated rings. The topological polar surface area (TPSA) is 50.3 Å². The Morgan fingerprint density at radius 3 is 2.84 bits per heavy atom. The lowest BCUT2D eigenvalue weighted by Gasteiger charge is -2.34. The van der Waals surface area contributed by atoms with Crippen LogP contribution >= 0.6 is 0 Å². The van der Waals surface area contributed by atoms with Crippen molar-refractivity contribution in [1.29, 1.82) is 0 Å². The standard InChI is InChI=1S/C14H24N4O/c1-5-15-13-10(2)14(17-11(3)16-13)18-8-6-7-12(9-18)19-4/h12H,5-9H2,1-4H3,(H,15,16,17). The van der Waals surface area contributed by atoms with Gasteiger partial charge in [-0.25, -0.2) is 9.97 Å². The fourth-order valence-corrected chi connectivity index (χ4v) is 2.58. The van der Waals surface area contributed by atoms with E-state index in [4.69, 9.17) is 4.74 Å². The smallest absolute Gasteiger partial charge is 0.137 e. The van der Waals surface area contributed by atoms with Gasteiger partial charge in [-0.05, 0) is 33.6 Å². The number of aryl methyl sites for hydroxylation is 1. The average molecular weight is 264 g/mol. The number of nitrogens with zero attached hydrogens (tertiary/aromatic N) is 3. The molecule has 0 aliphatic carbocycles. The minimum absolute atomic E-state index is 0.311. The molecule has 0 spiro atoms. The van der Waals surface area contributed by atoms with Gasteiger partial charge in [-0.1, -0.05) is 0 Å². The molecule has 0 saturated carbocycles. The van der Waals surface area contributed by atoms with Crippen LogP contribution in [0.2, 0.25) is 0 Å². The molecule has 1 aliphatic rings. The van der Waals surface area contributed by atoms with E-state index in [0.29, 0.717) is 6.10 Å². The van der Waals surface area contributed by atoms with Crippen LogP contribution in [0.15, 0.2) is 0 Å². The van der Waals surface area contributed by atoms with Crippen molar-refractivity contribution < 1.29 is 4.74 Å². The highest BCUT2D eigenvalue weighted by Crippen LogP contribution is 2.26. The van der Waals surface area contributed by atoms with Crippen molar-refractivity contribution in [1.82, 2.24) is 9.97 Å². The Morgan fingerprint density at radius 1 is 1.37 bits per heavy atom. The van der Waals surface area contributed by atoms with Crippen LogP contribution in [0.1, 0.15) is 31.2 Å². The number of aromatic nitrogens is 2. The summed E-state index contributed by atoms with van der Waals surface area (Å²) in [6.07, 6.45) is 2.60.